The number of ether oxygens (including phenoxy) is 1. The van der Waals surface area contributed by atoms with E-state index in [1.54, 1.807) is 0 Å². The van der Waals surface area contributed by atoms with Crippen LogP contribution in [0.25, 0.3) is 0 Å². The summed E-state index contributed by atoms with van der Waals surface area (Å²) in [6.07, 6.45) is 2.16. The highest BCUT2D eigenvalue weighted by Gasteiger charge is 2.15. The maximum absolute atomic E-state index is 5.80. The number of hydrogen-bond donors (Lipinski definition) is 1. The van der Waals surface area contributed by atoms with Crippen molar-refractivity contribution in [2.45, 2.75) is 25.8 Å². The average Bonchev–Trinajstić information content (AvgIpc) is 1.99. The lowest BCUT2D eigenvalue weighted by atomic mass is 9.98. The van der Waals surface area contributed by atoms with Gasteiger partial charge in [0, 0.05) is 19.3 Å². The molecular weight excluding hydrogens is 114 g/mol. The van der Waals surface area contributed by atoms with Crippen LogP contribution in [0.2, 0.25) is 0 Å². The maximum Gasteiger partial charge on any atom is 0.0480 e. The van der Waals surface area contributed by atoms with E-state index < -0.39 is 0 Å². The molecule has 0 aromatic rings. The van der Waals surface area contributed by atoms with Crippen LogP contribution >= 0.6 is 0 Å². The third kappa shape index (κ3) is 1.95. The Morgan fingerprint density at radius 2 is 2.00 bits per heavy atom. The monoisotopic (exact) mass is 129 g/mol. The summed E-state index contributed by atoms with van der Waals surface area (Å²) < 4.78 is 5.26. The molecule has 0 aromatic heterocycles. The predicted molar refractivity (Wildman–Crippen MR) is 37.2 cm³/mol. The second-order valence-corrected chi connectivity index (χ2v) is 2.83. The first kappa shape index (κ1) is 7.03. The maximum atomic E-state index is 5.80. The summed E-state index contributed by atoms with van der Waals surface area (Å²) in [7, 11) is 0. The fraction of sp³-hybridized carbons (Fsp3) is 1.00. The molecule has 0 aromatic carbocycles. The van der Waals surface area contributed by atoms with Gasteiger partial charge in [0.1, 0.15) is 0 Å². The van der Waals surface area contributed by atoms with Crippen molar-refractivity contribution in [2.75, 3.05) is 13.2 Å². The first-order chi connectivity index (χ1) is 4.30. The Morgan fingerprint density at radius 3 is 2.78 bits per heavy atom. The van der Waals surface area contributed by atoms with Gasteiger partial charge < -0.3 is 10.5 Å². The van der Waals surface area contributed by atoms with E-state index in [9.17, 15) is 0 Å². The molecule has 1 aliphatic rings. The van der Waals surface area contributed by atoms with E-state index in [0.29, 0.717) is 12.0 Å². The van der Waals surface area contributed by atoms with Crippen molar-refractivity contribution < 1.29 is 4.74 Å². The SMILES string of the molecule is CC1CCOCCC1N. The van der Waals surface area contributed by atoms with E-state index in [0.717, 1.165) is 26.1 Å². The van der Waals surface area contributed by atoms with Crippen LogP contribution in [0.4, 0.5) is 0 Å². The average molecular weight is 129 g/mol. The molecule has 1 aliphatic heterocycles. The van der Waals surface area contributed by atoms with Crippen LogP contribution in [-0.2, 0) is 4.74 Å². The van der Waals surface area contributed by atoms with Gasteiger partial charge in [-0.15, -0.1) is 0 Å². The van der Waals surface area contributed by atoms with Crippen LogP contribution in [-0.4, -0.2) is 19.3 Å². The van der Waals surface area contributed by atoms with Gasteiger partial charge in [0.05, 0.1) is 0 Å². The molecule has 0 saturated carbocycles. The van der Waals surface area contributed by atoms with E-state index in [-0.39, 0.29) is 0 Å². The van der Waals surface area contributed by atoms with Gasteiger partial charge in [-0.05, 0) is 18.8 Å². The number of hydrogen-bond acceptors (Lipinski definition) is 2. The molecule has 1 rings (SSSR count). The van der Waals surface area contributed by atoms with Crippen molar-refractivity contribution in [2.24, 2.45) is 11.7 Å². The Labute approximate surface area is 56.4 Å². The highest BCUT2D eigenvalue weighted by molar-refractivity contribution is 4.70. The smallest absolute Gasteiger partial charge is 0.0480 e. The van der Waals surface area contributed by atoms with Crippen molar-refractivity contribution in [1.82, 2.24) is 0 Å². The summed E-state index contributed by atoms with van der Waals surface area (Å²) in [5.41, 5.74) is 5.80. The van der Waals surface area contributed by atoms with E-state index >= 15 is 0 Å². The van der Waals surface area contributed by atoms with Crippen LogP contribution in [0.3, 0.4) is 0 Å². The molecule has 54 valence electrons. The lowest BCUT2D eigenvalue weighted by Crippen LogP contribution is -2.27. The topological polar surface area (TPSA) is 35.2 Å². The van der Waals surface area contributed by atoms with Crippen molar-refractivity contribution in [3.63, 3.8) is 0 Å². The van der Waals surface area contributed by atoms with Gasteiger partial charge in [-0.3, -0.25) is 0 Å². The van der Waals surface area contributed by atoms with Crippen LogP contribution in [0, 0.1) is 5.92 Å². The van der Waals surface area contributed by atoms with E-state index in [2.05, 4.69) is 6.92 Å². The highest BCUT2D eigenvalue weighted by Crippen LogP contribution is 2.12. The molecule has 9 heavy (non-hydrogen) atoms. The van der Waals surface area contributed by atoms with Gasteiger partial charge in [0.2, 0.25) is 0 Å². The Hall–Kier alpha value is -0.0800. The molecule has 1 saturated heterocycles. The Morgan fingerprint density at radius 1 is 1.33 bits per heavy atom. The van der Waals surface area contributed by atoms with Crippen molar-refractivity contribution in [1.29, 1.82) is 0 Å². The normalized spacial score (nSPS) is 38.0. The van der Waals surface area contributed by atoms with E-state index in [4.69, 9.17) is 10.5 Å². The zero-order valence-electron chi connectivity index (χ0n) is 5.97. The molecule has 1 fully saturated rings. The van der Waals surface area contributed by atoms with Crippen LogP contribution in [0.5, 0.6) is 0 Å². The molecule has 2 unspecified atom stereocenters. The molecule has 1 heterocycles. The number of rotatable bonds is 0. The summed E-state index contributed by atoms with van der Waals surface area (Å²) in [4.78, 5) is 0. The highest BCUT2D eigenvalue weighted by atomic mass is 16.5. The minimum absolute atomic E-state index is 0.368. The second kappa shape index (κ2) is 3.18. The molecule has 0 spiro atoms. The van der Waals surface area contributed by atoms with Gasteiger partial charge in [0.15, 0.2) is 0 Å². The van der Waals surface area contributed by atoms with Crippen LogP contribution in [0.1, 0.15) is 19.8 Å². The Bertz CT molecular complexity index is 75.0. The summed E-state index contributed by atoms with van der Waals surface area (Å²) in [5, 5.41) is 0. The summed E-state index contributed by atoms with van der Waals surface area (Å²) in [6.45, 7) is 3.94. The minimum atomic E-state index is 0.368. The lowest BCUT2D eigenvalue weighted by molar-refractivity contribution is 0.141. The van der Waals surface area contributed by atoms with Crippen LogP contribution in [0.15, 0.2) is 0 Å². The fourth-order valence-electron chi connectivity index (χ4n) is 1.09. The summed E-state index contributed by atoms with van der Waals surface area (Å²) >= 11 is 0. The molecular formula is C7H15NO. The zero-order valence-corrected chi connectivity index (χ0v) is 5.97. The number of nitrogens with two attached hydrogens (primary N) is 1. The molecule has 0 amide bonds. The van der Waals surface area contributed by atoms with Crippen molar-refractivity contribution >= 4 is 0 Å². The van der Waals surface area contributed by atoms with Gasteiger partial charge in [-0.2, -0.15) is 0 Å². The standard InChI is InChI=1S/C7H15NO/c1-6-2-4-9-5-3-7(6)8/h6-7H,2-5,8H2,1H3. The van der Waals surface area contributed by atoms with Crippen LogP contribution < -0.4 is 5.73 Å². The third-order valence-electron chi connectivity index (χ3n) is 2.04. The molecule has 2 nitrogen and oxygen atoms in total. The zero-order chi connectivity index (χ0) is 6.69. The fourth-order valence-corrected chi connectivity index (χ4v) is 1.09. The minimum Gasteiger partial charge on any atom is -0.381 e. The largest absolute Gasteiger partial charge is 0.381 e. The summed E-state index contributed by atoms with van der Waals surface area (Å²) in [5.74, 6) is 0.646. The molecule has 2 N–H and O–H groups in total. The van der Waals surface area contributed by atoms with Gasteiger partial charge in [-0.25, -0.2) is 0 Å². The quantitative estimate of drug-likeness (QED) is 0.524. The Balaban J connectivity index is 2.32. The first-order valence-corrected chi connectivity index (χ1v) is 3.64. The third-order valence-corrected chi connectivity index (χ3v) is 2.04. The van der Waals surface area contributed by atoms with Gasteiger partial charge in [0.25, 0.3) is 0 Å². The summed E-state index contributed by atoms with van der Waals surface area (Å²) in [6, 6.07) is 0.368. The van der Waals surface area contributed by atoms with E-state index in [1.165, 1.54) is 0 Å². The Kier molecular flexibility index (Phi) is 2.49. The lowest BCUT2D eigenvalue weighted by Gasteiger charge is -2.13. The van der Waals surface area contributed by atoms with Gasteiger partial charge >= 0.3 is 0 Å². The molecule has 0 aliphatic carbocycles. The first-order valence-electron chi connectivity index (χ1n) is 3.64. The van der Waals surface area contributed by atoms with E-state index in [1.807, 2.05) is 0 Å². The molecule has 2 atom stereocenters. The molecule has 0 radical (unpaired) electrons. The molecule has 0 bridgehead atoms. The molecule has 2 heteroatoms. The van der Waals surface area contributed by atoms with Crippen molar-refractivity contribution in [3.8, 4) is 0 Å². The predicted octanol–water partition coefficient (Wildman–Crippen LogP) is 0.760. The van der Waals surface area contributed by atoms with Gasteiger partial charge in [-0.1, -0.05) is 6.92 Å². The van der Waals surface area contributed by atoms with Crippen molar-refractivity contribution in [3.05, 3.63) is 0 Å². The second-order valence-electron chi connectivity index (χ2n) is 2.83.